The topological polar surface area (TPSA) is 406 Å². The van der Waals surface area contributed by atoms with E-state index in [1.54, 1.807) is 54.9 Å². The van der Waals surface area contributed by atoms with E-state index in [0.717, 1.165) is 21.8 Å². The zero-order valence-electron chi connectivity index (χ0n) is 49.0. The number of phenolic OH excluding ortho intramolecular Hbond substituents is 1. The number of para-hydroxylation sites is 2. The molecule has 2 aromatic heterocycles. The summed E-state index contributed by atoms with van der Waals surface area (Å²) in [6.07, 6.45) is 7.23. The maximum absolute atomic E-state index is 15.3. The number of aromatic nitrogens is 2. The number of nitrogens with two attached hydrogens (primary N) is 4. The van der Waals surface area contributed by atoms with Crippen LogP contribution >= 0.6 is 11.8 Å². The van der Waals surface area contributed by atoms with Crippen LogP contribution in [0.15, 0.2) is 116 Å². The van der Waals surface area contributed by atoms with E-state index < -0.39 is 101 Å². The Hall–Kier alpha value is -8.78. The Morgan fingerprint density at radius 1 is 0.460 bits per heavy atom. The normalized spacial score (nSPS) is 14.0. The second kappa shape index (κ2) is 34.4. The maximum Gasteiger partial charge on any atom is 0.243 e. The number of aromatic amines is 2. The summed E-state index contributed by atoms with van der Waals surface area (Å²) in [4.78, 5) is 133. The molecule has 0 radical (unpaired) electrons. The van der Waals surface area contributed by atoms with Crippen LogP contribution in [0.4, 0.5) is 0 Å². The molecule has 24 nitrogen and oxygen atoms in total. The van der Waals surface area contributed by atoms with Crippen molar-refractivity contribution in [2.24, 2.45) is 22.9 Å². The number of primary amides is 1. The highest BCUT2D eigenvalue weighted by atomic mass is 32.2. The molecule has 6 rings (SSSR count). The standard InChI is InChI=1S/C62H82N14O10S/c1-37(69-57(81)49(26-29-87-2)70-54(78)34-65)56(80)72-48(21-11-13-28-64)58(82)73-51(31-39-22-24-42(77)25-23-39)60(84)75-53(33-41-36-68-46-19-9-7-17-44(41)46)62(86)76-52(32-40-35-67-45-18-8-6-16-43(40)45)61(85)74-50(30-38-14-4-3-5-15-38)59(83)71-47(55(66)79)20-10-12-27-63/h3-9,14-19,22-25,35-37,47-53,67-68,77H,10-13,20-21,26-34,63-65H2,1-2H3,(H2,66,79)(H,69,81)(H,70,78)(H,71,83)(H,72,80)(H,73,82)(H,74,85)(H,75,84)(H,76,86)/t37-,47-,48+,49-,50-,51-,52+,53+/m0/s1. The molecule has 87 heavy (non-hydrogen) atoms. The Balaban J connectivity index is 1.33. The van der Waals surface area contributed by atoms with Crippen molar-refractivity contribution in [2.45, 2.75) is 126 Å². The first-order valence-corrected chi connectivity index (χ1v) is 30.5. The zero-order valence-corrected chi connectivity index (χ0v) is 49.9. The minimum atomic E-state index is -1.46. The van der Waals surface area contributed by atoms with Crippen LogP contribution in [-0.4, -0.2) is 148 Å². The number of phenols is 1. The molecule has 8 atom stereocenters. The fourth-order valence-electron chi connectivity index (χ4n) is 9.93. The first kappa shape index (κ1) is 67.3. The van der Waals surface area contributed by atoms with Gasteiger partial charge in [0.05, 0.1) is 6.54 Å². The summed E-state index contributed by atoms with van der Waals surface area (Å²) < 4.78 is 0. The third kappa shape index (κ3) is 20.7. The first-order chi connectivity index (χ1) is 41.9. The fourth-order valence-corrected chi connectivity index (χ4v) is 10.4. The summed E-state index contributed by atoms with van der Waals surface area (Å²) in [7, 11) is 0. The van der Waals surface area contributed by atoms with Crippen LogP contribution in [0.25, 0.3) is 21.8 Å². The van der Waals surface area contributed by atoms with Crippen LogP contribution in [-0.2, 0) is 68.8 Å². The average molecular weight is 1220 g/mol. The molecule has 19 N–H and O–H groups in total. The molecule has 0 aliphatic rings. The molecule has 25 heteroatoms. The summed E-state index contributed by atoms with van der Waals surface area (Å²) in [6, 6.07) is 19.4. The number of hydrogen-bond donors (Lipinski definition) is 15. The van der Waals surface area contributed by atoms with E-state index in [0.29, 0.717) is 60.2 Å². The quantitative estimate of drug-likeness (QED) is 0.0244. The fraction of sp³-hybridized carbons (Fsp3) is 0.403. The molecule has 0 fully saturated rings. The van der Waals surface area contributed by atoms with Gasteiger partial charge in [-0.3, -0.25) is 43.2 Å². The number of carbonyl (C=O) groups is 9. The van der Waals surface area contributed by atoms with Gasteiger partial charge in [-0.2, -0.15) is 11.8 Å². The number of H-pyrrole nitrogens is 2. The molecule has 0 bridgehead atoms. The largest absolute Gasteiger partial charge is 0.508 e. The highest BCUT2D eigenvalue weighted by molar-refractivity contribution is 7.98. The van der Waals surface area contributed by atoms with Crippen LogP contribution in [0.2, 0.25) is 0 Å². The molecule has 2 heterocycles. The van der Waals surface area contributed by atoms with Gasteiger partial charge in [0.1, 0.15) is 54.1 Å². The number of nitrogens with one attached hydrogen (secondary N) is 10. The van der Waals surface area contributed by atoms with Crippen molar-refractivity contribution in [1.29, 1.82) is 0 Å². The van der Waals surface area contributed by atoms with E-state index in [9.17, 15) is 33.9 Å². The number of carbonyl (C=O) groups excluding carboxylic acids is 9. The Kier molecular flexibility index (Phi) is 26.6. The Morgan fingerprint density at radius 2 is 0.862 bits per heavy atom. The number of rotatable bonds is 36. The van der Waals surface area contributed by atoms with E-state index in [-0.39, 0.29) is 63.8 Å². The van der Waals surface area contributed by atoms with E-state index >= 15 is 14.4 Å². The second-order valence-electron chi connectivity index (χ2n) is 21.4. The third-order valence-corrected chi connectivity index (χ3v) is 15.4. The molecule has 466 valence electrons. The van der Waals surface area contributed by atoms with E-state index in [4.69, 9.17) is 22.9 Å². The van der Waals surface area contributed by atoms with Gasteiger partial charge in [0.15, 0.2) is 0 Å². The number of aromatic hydroxyl groups is 1. The lowest BCUT2D eigenvalue weighted by Gasteiger charge is -2.28. The van der Waals surface area contributed by atoms with Gasteiger partial charge in [-0.05, 0) is 123 Å². The molecular weight excluding hydrogens is 1130 g/mol. The van der Waals surface area contributed by atoms with Crippen molar-refractivity contribution in [2.75, 3.05) is 31.6 Å². The predicted octanol–water partition coefficient (Wildman–Crippen LogP) is 0.979. The molecule has 4 aromatic carbocycles. The van der Waals surface area contributed by atoms with Gasteiger partial charge >= 0.3 is 0 Å². The van der Waals surface area contributed by atoms with Gasteiger partial charge in [0.2, 0.25) is 53.2 Å². The van der Waals surface area contributed by atoms with Crippen molar-refractivity contribution >= 4 is 86.7 Å². The van der Waals surface area contributed by atoms with Crippen molar-refractivity contribution < 1.29 is 48.3 Å². The lowest BCUT2D eigenvalue weighted by Crippen LogP contribution is -2.61. The number of hydrogen-bond acceptors (Lipinski definition) is 14. The number of benzene rings is 4. The Morgan fingerprint density at radius 3 is 1.33 bits per heavy atom. The summed E-state index contributed by atoms with van der Waals surface area (Å²) in [5.41, 5.74) is 26.7. The number of fused-ring (bicyclic) bond motifs is 2. The molecule has 0 aliphatic carbocycles. The van der Waals surface area contributed by atoms with Crippen molar-refractivity contribution in [3.05, 3.63) is 138 Å². The summed E-state index contributed by atoms with van der Waals surface area (Å²) >= 11 is 1.46. The predicted molar refractivity (Wildman–Crippen MR) is 334 cm³/mol. The lowest BCUT2D eigenvalue weighted by atomic mass is 9.99. The first-order valence-electron chi connectivity index (χ1n) is 29.1. The van der Waals surface area contributed by atoms with E-state index in [2.05, 4.69) is 52.5 Å². The van der Waals surface area contributed by atoms with Gasteiger partial charge in [-0.25, -0.2) is 0 Å². The lowest BCUT2D eigenvalue weighted by molar-refractivity contribution is -0.135. The van der Waals surface area contributed by atoms with E-state index in [1.165, 1.54) is 30.8 Å². The van der Waals surface area contributed by atoms with Crippen LogP contribution in [0.5, 0.6) is 5.75 Å². The summed E-state index contributed by atoms with van der Waals surface area (Å²) in [5.74, 6) is -6.18. The van der Waals surface area contributed by atoms with Crippen LogP contribution < -0.4 is 65.5 Å². The summed E-state index contributed by atoms with van der Waals surface area (Å²) in [6.45, 7) is 1.70. The number of unbranched alkanes of at least 4 members (excludes halogenated alkanes) is 2. The average Bonchev–Trinajstić information content (AvgIpc) is 4.17. The van der Waals surface area contributed by atoms with Crippen molar-refractivity contribution in [1.82, 2.24) is 52.5 Å². The molecule has 0 saturated carbocycles. The molecule has 0 aliphatic heterocycles. The SMILES string of the molecule is CSCC[C@H](NC(=O)CN)C(=O)N[C@@H](C)C(=O)N[C@H](CCCCN)C(=O)N[C@@H](Cc1ccc(O)cc1)C(=O)N[C@H](Cc1c[nH]c2ccccc12)C(=O)N[C@H](Cc1c[nH]c2ccccc12)C(=O)N[C@@H](Cc1ccccc1)C(=O)N[C@@H](CCCCN)C(N)=O. The molecule has 0 unspecified atom stereocenters. The van der Waals surface area contributed by atoms with Gasteiger partial charge in [0.25, 0.3) is 0 Å². The summed E-state index contributed by atoms with van der Waals surface area (Å²) in [5, 5.41) is 33.8. The Labute approximate surface area is 509 Å². The van der Waals surface area contributed by atoms with E-state index in [1.807, 2.05) is 54.8 Å². The highest BCUT2D eigenvalue weighted by Gasteiger charge is 2.35. The number of thioether (sulfide) groups is 1. The molecule has 0 spiro atoms. The molecule has 6 aromatic rings. The monoisotopic (exact) mass is 1210 g/mol. The van der Waals surface area contributed by atoms with Gasteiger partial charge in [-0.15, -0.1) is 0 Å². The number of amides is 9. The van der Waals surface area contributed by atoms with Gasteiger partial charge in [-0.1, -0.05) is 78.9 Å². The van der Waals surface area contributed by atoms with Crippen LogP contribution in [0, 0.1) is 0 Å². The van der Waals surface area contributed by atoms with Crippen molar-refractivity contribution in [3.63, 3.8) is 0 Å². The zero-order chi connectivity index (χ0) is 62.8. The smallest absolute Gasteiger partial charge is 0.243 e. The molecule has 9 amide bonds. The molecular formula is C62H82N14O10S. The Bertz CT molecular complexity index is 3270. The third-order valence-electron chi connectivity index (χ3n) is 14.8. The van der Waals surface area contributed by atoms with Gasteiger partial charge in [0, 0.05) is 59.9 Å². The highest BCUT2D eigenvalue weighted by Crippen LogP contribution is 2.22. The van der Waals surface area contributed by atoms with Crippen LogP contribution in [0.1, 0.15) is 74.1 Å². The van der Waals surface area contributed by atoms with Crippen LogP contribution in [0.3, 0.4) is 0 Å². The molecule has 0 saturated heterocycles. The minimum Gasteiger partial charge on any atom is -0.508 e. The second-order valence-corrected chi connectivity index (χ2v) is 22.3. The minimum absolute atomic E-state index is 0.0175. The van der Waals surface area contributed by atoms with Crippen molar-refractivity contribution in [3.8, 4) is 5.75 Å². The van der Waals surface area contributed by atoms with Gasteiger partial charge < -0.3 is 80.5 Å². The maximum atomic E-state index is 15.3.